The van der Waals surface area contributed by atoms with Crippen LogP contribution in [0.3, 0.4) is 0 Å². The topological polar surface area (TPSA) is 55.6 Å². The van der Waals surface area contributed by atoms with Crippen LogP contribution in [0.15, 0.2) is 54.6 Å². The van der Waals surface area contributed by atoms with Crippen molar-refractivity contribution in [3.05, 3.63) is 60.2 Å². The molecule has 0 heterocycles. The van der Waals surface area contributed by atoms with Crippen LogP contribution < -0.4 is 15.4 Å². The Labute approximate surface area is 125 Å². The van der Waals surface area contributed by atoms with Crippen LogP contribution in [0.1, 0.15) is 11.5 Å². The molecule has 0 saturated carbocycles. The monoisotopic (exact) mass is 284 g/mol. The second kappa shape index (κ2) is 6.90. The first-order valence-corrected chi connectivity index (χ1v) is 6.84. The van der Waals surface area contributed by atoms with Gasteiger partial charge in [-0.05, 0) is 29.8 Å². The Kier molecular flexibility index (Phi) is 4.95. The van der Waals surface area contributed by atoms with Gasteiger partial charge in [0.2, 0.25) is 5.91 Å². The maximum Gasteiger partial charge on any atom is 0.235 e. The summed E-state index contributed by atoms with van der Waals surface area (Å²) in [6.07, 6.45) is 0. The largest absolute Gasteiger partial charge is 0.497 e. The Hall–Kier alpha value is -2.33. The van der Waals surface area contributed by atoms with Gasteiger partial charge in [0.25, 0.3) is 0 Å². The molecule has 2 N–H and O–H groups in total. The fourth-order valence-electron chi connectivity index (χ4n) is 2.23. The van der Waals surface area contributed by atoms with E-state index in [1.807, 2.05) is 54.6 Å². The second-order valence-electron chi connectivity index (χ2n) is 4.79. The SMILES string of the molecule is COc1ccc(N(C)C(=O)C(CN)c2ccccc2)cc1. The van der Waals surface area contributed by atoms with Crippen LogP contribution in [0, 0.1) is 0 Å². The highest BCUT2D eigenvalue weighted by atomic mass is 16.5. The van der Waals surface area contributed by atoms with Gasteiger partial charge < -0.3 is 15.4 Å². The number of likely N-dealkylation sites (N-methyl/N-ethyl adjacent to an activating group) is 1. The third-order valence-corrected chi connectivity index (χ3v) is 3.53. The highest BCUT2D eigenvalue weighted by molar-refractivity contribution is 5.97. The van der Waals surface area contributed by atoms with Crippen LogP contribution in [-0.4, -0.2) is 26.6 Å². The molecule has 1 atom stereocenters. The summed E-state index contributed by atoms with van der Waals surface area (Å²) in [7, 11) is 3.37. The summed E-state index contributed by atoms with van der Waals surface area (Å²) >= 11 is 0. The number of carbonyl (C=O) groups excluding carboxylic acids is 1. The minimum Gasteiger partial charge on any atom is -0.497 e. The van der Waals surface area contributed by atoms with Gasteiger partial charge in [-0.25, -0.2) is 0 Å². The molecule has 2 rings (SSSR count). The molecule has 21 heavy (non-hydrogen) atoms. The van der Waals surface area contributed by atoms with Crippen molar-refractivity contribution in [2.45, 2.75) is 5.92 Å². The number of hydrogen-bond donors (Lipinski definition) is 1. The van der Waals surface area contributed by atoms with E-state index in [9.17, 15) is 4.79 Å². The standard InChI is InChI=1S/C17H20N2O2/c1-19(14-8-10-15(21-2)11-9-14)17(20)16(12-18)13-6-4-3-5-7-13/h3-11,16H,12,18H2,1-2H3. The fraction of sp³-hybridized carbons (Fsp3) is 0.235. The summed E-state index contributed by atoms with van der Waals surface area (Å²) in [5, 5.41) is 0. The Bertz CT molecular complexity index is 581. The van der Waals surface area contributed by atoms with Gasteiger partial charge in [-0.2, -0.15) is 0 Å². The molecule has 0 bridgehead atoms. The molecule has 2 aromatic carbocycles. The quantitative estimate of drug-likeness (QED) is 0.917. The first kappa shape index (κ1) is 15.1. The van der Waals surface area contributed by atoms with Crippen LogP contribution in [0.4, 0.5) is 5.69 Å². The summed E-state index contributed by atoms with van der Waals surface area (Å²) in [4.78, 5) is 14.3. The lowest BCUT2D eigenvalue weighted by Crippen LogP contribution is -2.35. The minimum absolute atomic E-state index is 0.0196. The lowest BCUT2D eigenvalue weighted by Gasteiger charge is -2.23. The van der Waals surface area contributed by atoms with E-state index < -0.39 is 0 Å². The van der Waals surface area contributed by atoms with E-state index >= 15 is 0 Å². The molecule has 110 valence electrons. The maximum absolute atomic E-state index is 12.6. The van der Waals surface area contributed by atoms with E-state index in [0.717, 1.165) is 17.0 Å². The Balaban J connectivity index is 2.20. The molecule has 0 spiro atoms. The van der Waals surface area contributed by atoms with Crippen molar-refractivity contribution in [2.75, 3.05) is 25.6 Å². The van der Waals surface area contributed by atoms with E-state index in [-0.39, 0.29) is 18.4 Å². The minimum atomic E-state index is -0.335. The van der Waals surface area contributed by atoms with Gasteiger partial charge in [0.15, 0.2) is 0 Å². The zero-order valence-corrected chi connectivity index (χ0v) is 12.3. The zero-order chi connectivity index (χ0) is 15.2. The van der Waals surface area contributed by atoms with Gasteiger partial charge in [-0.15, -0.1) is 0 Å². The summed E-state index contributed by atoms with van der Waals surface area (Å²) in [5.41, 5.74) is 7.55. The number of anilines is 1. The smallest absolute Gasteiger partial charge is 0.235 e. The van der Waals surface area contributed by atoms with Gasteiger partial charge in [-0.1, -0.05) is 30.3 Å². The lowest BCUT2D eigenvalue weighted by atomic mass is 9.97. The zero-order valence-electron chi connectivity index (χ0n) is 12.3. The molecular formula is C17H20N2O2. The number of benzene rings is 2. The average molecular weight is 284 g/mol. The molecule has 0 fully saturated rings. The second-order valence-corrected chi connectivity index (χ2v) is 4.79. The van der Waals surface area contributed by atoms with E-state index in [4.69, 9.17) is 10.5 Å². The van der Waals surface area contributed by atoms with Crippen molar-refractivity contribution in [1.29, 1.82) is 0 Å². The molecule has 4 heteroatoms. The highest BCUT2D eigenvalue weighted by Gasteiger charge is 2.23. The Morgan fingerprint density at radius 1 is 1.14 bits per heavy atom. The van der Waals surface area contributed by atoms with Crippen molar-refractivity contribution in [3.63, 3.8) is 0 Å². The number of carbonyl (C=O) groups is 1. The Morgan fingerprint density at radius 2 is 1.76 bits per heavy atom. The van der Waals surface area contributed by atoms with Crippen molar-refractivity contribution in [1.82, 2.24) is 0 Å². The molecule has 0 saturated heterocycles. The molecule has 1 amide bonds. The first-order chi connectivity index (χ1) is 10.2. The van der Waals surface area contributed by atoms with E-state index in [0.29, 0.717) is 0 Å². The van der Waals surface area contributed by atoms with Gasteiger partial charge in [0, 0.05) is 19.3 Å². The number of hydrogen-bond acceptors (Lipinski definition) is 3. The molecule has 0 aliphatic heterocycles. The van der Waals surface area contributed by atoms with E-state index in [1.54, 1.807) is 19.1 Å². The Morgan fingerprint density at radius 3 is 2.29 bits per heavy atom. The number of nitrogens with two attached hydrogens (primary N) is 1. The van der Waals surface area contributed by atoms with Crippen molar-refractivity contribution >= 4 is 11.6 Å². The average Bonchev–Trinajstić information content (AvgIpc) is 2.56. The molecule has 4 nitrogen and oxygen atoms in total. The predicted molar refractivity (Wildman–Crippen MR) is 84.6 cm³/mol. The number of rotatable bonds is 5. The predicted octanol–water partition coefficient (Wildman–Crippen LogP) is 2.40. The van der Waals surface area contributed by atoms with Crippen molar-refractivity contribution in [2.24, 2.45) is 5.73 Å². The van der Waals surface area contributed by atoms with Gasteiger partial charge in [-0.3, -0.25) is 4.79 Å². The highest BCUT2D eigenvalue weighted by Crippen LogP contribution is 2.23. The third-order valence-electron chi connectivity index (χ3n) is 3.53. The molecule has 0 radical (unpaired) electrons. The normalized spacial score (nSPS) is 11.8. The van der Waals surface area contributed by atoms with E-state index in [1.165, 1.54) is 0 Å². The van der Waals surface area contributed by atoms with E-state index in [2.05, 4.69) is 0 Å². The summed E-state index contributed by atoms with van der Waals surface area (Å²) in [5.74, 6) is 0.408. The maximum atomic E-state index is 12.6. The van der Waals surface area contributed by atoms with Crippen molar-refractivity contribution in [3.8, 4) is 5.75 Å². The van der Waals surface area contributed by atoms with Crippen LogP contribution in [0.5, 0.6) is 5.75 Å². The van der Waals surface area contributed by atoms with Crippen LogP contribution >= 0.6 is 0 Å². The molecule has 2 aromatic rings. The van der Waals surface area contributed by atoms with Crippen molar-refractivity contribution < 1.29 is 9.53 Å². The number of methoxy groups -OCH3 is 1. The van der Waals surface area contributed by atoms with Crippen LogP contribution in [0.25, 0.3) is 0 Å². The fourth-order valence-corrected chi connectivity index (χ4v) is 2.23. The van der Waals surface area contributed by atoms with Gasteiger partial charge >= 0.3 is 0 Å². The summed E-state index contributed by atoms with van der Waals surface area (Å²) in [6, 6.07) is 17.0. The number of amides is 1. The molecule has 0 aromatic heterocycles. The molecule has 0 aliphatic rings. The summed E-state index contributed by atoms with van der Waals surface area (Å²) < 4.78 is 5.12. The van der Waals surface area contributed by atoms with Gasteiger partial charge in [0.05, 0.1) is 13.0 Å². The first-order valence-electron chi connectivity index (χ1n) is 6.84. The van der Waals surface area contributed by atoms with Crippen LogP contribution in [-0.2, 0) is 4.79 Å². The molecular weight excluding hydrogens is 264 g/mol. The summed E-state index contributed by atoms with van der Waals surface area (Å²) in [6.45, 7) is 0.281. The molecule has 1 unspecified atom stereocenters. The lowest BCUT2D eigenvalue weighted by molar-refractivity contribution is -0.119. The van der Waals surface area contributed by atoms with Crippen LogP contribution in [0.2, 0.25) is 0 Å². The number of ether oxygens (including phenoxy) is 1. The van der Waals surface area contributed by atoms with Gasteiger partial charge in [0.1, 0.15) is 5.75 Å². The third kappa shape index (κ3) is 3.41. The molecule has 0 aliphatic carbocycles. The number of nitrogens with zero attached hydrogens (tertiary/aromatic N) is 1.